The molecule has 0 radical (unpaired) electrons. The van der Waals surface area contributed by atoms with Crippen molar-refractivity contribution >= 4 is 14.4 Å². The van der Waals surface area contributed by atoms with E-state index in [1.165, 1.54) is 22.3 Å². The molecule has 3 aromatic carbocycles. The lowest BCUT2D eigenvalue weighted by molar-refractivity contribution is 0.292. The number of anilines is 1. The smallest absolute Gasteiger partial charge is 0.349 e. The van der Waals surface area contributed by atoms with Gasteiger partial charge in [0.15, 0.2) is 0 Å². The molecule has 1 fully saturated rings. The average Bonchev–Trinajstić information content (AvgIpc) is 3.77. The molecule has 226 valence electrons. The third-order valence-electron chi connectivity index (χ3n) is 9.67. The molecular weight excluding hydrogens is 549 g/mol. The molecule has 6 heteroatoms. The highest BCUT2D eigenvalue weighted by atomic mass is 31.1. The lowest BCUT2D eigenvalue weighted by atomic mass is 9.65. The third-order valence-corrected chi connectivity index (χ3v) is 11.3. The van der Waals surface area contributed by atoms with Crippen LogP contribution in [0.4, 0.5) is 5.82 Å². The standard InChI is InChI=1S/C37H46N3O2P/c1-26(2)43-25-36(24-33(36)40-23-21-34(38-5)39-35(40)41)28(4)20-22-37(29-10-8-7-9-11-29,30-14-12-27(3)13-15-30)31-16-18-32(42-6)19-17-31/h7-19,21,23,26,28,33,43H,20,22,24-25H2,1-6H3,(H,38,39,41). The topological polar surface area (TPSA) is 56.2 Å². The summed E-state index contributed by atoms with van der Waals surface area (Å²) in [5.41, 5.74) is 5.37. The zero-order valence-electron chi connectivity index (χ0n) is 26.4. The van der Waals surface area contributed by atoms with Gasteiger partial charge in [0.1, 0.15) is 11.6 Å². The van der Waals surface area contributed by atoms with Crippen molar-refractivity contribution in [1.29, 1.82) is 0 Å². The molecule has 0 saturated heterocycles. The molecular formula is C37H46N3O2P. The van der Waals surface area contributed by atoms with Gasteiger partial charge in [0.25, 0.3) is 0 Å². The molecule has 1 aliphatic carbocycles. The molecule has 1 aliphatic rings. The third kappa shape index (κ3) is 6.29. The molecule has 0 spiro atoms. The molecule has 0 bridgehead atoms. The fraction of sp³-hybridized carbons (Fsp3) is 0.405. The second-order valence-electron chi connectivity index (χ2n) is 12.5. The highest BCUT2D eigenvalue weighted by Crippen LogP contribution is 2.64. The molecule has 5 rings (SSSR count). The van der Waals surface area contributed by atoms with Crippen molar-refractivity contribution in [2.24, 2.45) is 11.3 Å². The number of aromatic nitrogens is 2. The largest absolute Gasteiger partial charge is 0.497 e. The first-order valence-corrected chi connectivity index (χ1v) is 16.8. The van der Waals surface area contributed by atoms with Gasteiger partial charge in [-0.2, -0.15) is 4.98 Å². The first kappa shape index (κ1) is 31.0. The summed E-state index contributed by atoms with van der Waals surface area (Å²) in [6.45, 7) is 9.19. The van der Waals surface area contributed by atoms with Crippen molar-refractivity contribution in [1.82, 2.24) is 9.55 Å². The van der Waals surface area contributed by atoms with Crippen LogP contribution in [0.1, 0.15) is 68.3 Å². The van der Waals surface area contributed by atoms with E-state index in [9.17, 15) is 4.79 Å². The monoisotopic (exact) mass is 595 g/mol. The number of nitrogens with one attached hydrogen (secondary N) is 1. The quantitative estimate of drug-likeness (QED) is 0.125. The van der Waals surface area contributed by atoms with Crippen molar-refractivity contribution in [2.75, 3.05) is 25.6 Å². The predicted molar refractivity (Wildman–Crippen MR) is 181 cm³/mol. The maximum atomic E-state index is 13.1. The summed E-state index contributed by atoms with van der Waals surface area (Å²) in [5, 5.41) is 3.00. The van der Waals surface area contributed by atoms with Crippen molar-refractivity contribution in [3.8, 4) is 5.75 Å². The Labute approximate surface area is 258 Å². The molecule has 1 saturated carbocycles. The van der Waals surface area contributed by atoms with E-state index in [-0.39, 0.29) is 22.6 Å². The van der Waals surface area contributed by atoms with Gasteiger partial charge in [-0.15, -0.1) is 8.58 Å². The first-order chi connectivity index (χ1) is 20.7. The normalized spacial score (nSPS) is 20.2. The number of ether oxygens (including phenoxy) is 1. The van der Waals surface area contributed by atoms with Gasteiger partial charge in [-0.1, -0.05) is 93.1 Å². The van der Waals surface area contributed by atoms with Crippen LogP contribution in [0.5, 0.6) is 5.75 Å². The van der Waals surface area contributed by atoms with E-state index in [0.29, 0.717) is 17.4 Å². The molecule has 1 aromatic heterocycles. The van der Waals surface area contributed by atoms with Crippen LogP contribution < -0.4 is 15.7 Å². The van der Waals surface area contributed by atoms with Gasteiger partial charge in [0, 0.05) is 24.7 Å². The van der Waals surface area contributed by atoms with Gasteiger partial charge in [0.2, 0.25) is 0 Å². The van der Waals surface area contributed by atoms with Gasteiger partial charge in [-0.05, 0) is 84.2 Å². The Hall–Kier alpha value is -3.43. The number of benzene rings is 3. The molecule has 43 heavy (non-hydrogen) atoms. The van der Waals surface area contributed by atoms with Crippen LogP contribution >= 0.6 is 8.58 Å². The number of rotatable bonds is 13. The zero-order valence-corrected chi connectivity index (χ0v) is 27.4. The maximum absolute atomic E-state index is 13.1. The van der Waals surface area contributed by atoms with E-state index >= 15 is 0 Å². The molecule has 5 atom stereocenters. The zero-order chi connectivity index (χ0) is 30.6. The fourth-order valence-corrected chi connectivity index (χ4v) is 8.36. The van der Waals surface area contributed by atoms with Crippen molar-refractivity contribution in [3.05, 3.63) is 124 Å². The molecule has 1 heterocycles. The Morgan fingerprint density at radius 1 is 0.977 bits per heavy atom. The van der Waals surface area contributed by atoms with E-state index in [4.69, 9.17) is 4.74 Å². The minimum absolute atomic E-state index is 0.0883. The van der Waals surface area contributed by atoms with Crippen LogP contribution in [-0.2, 0) is 5.41 Å². The first-order valence-electron chi connectivity index (χ1n) is 15.5. The van der Waals surface area contributed by atoms with Crippen LogP contribution in [0, 0.1) is 18.3 Å². The molecule has 1 N–H and O–H groups in total. The van der Waals surface area contributed by atoms with Crippen LogP contribution in [0.25, 0.3) is 0 Å². The van der Waals surface area contributed by atoms with Gasteiger partial charge >= 0.3 is 5.69 Å². The Morgan fingerprint density at radius 2 is 1.60 bits per heavy atom. The minimum atomic E-state index is -0.325. The second kappa shape index (κ2) is 13.1. The number of methoxy groups -OCH3 is 1. The van der Waals surface area contributed by atoms with Crippen LogP contribution in [0.15, 0.2) is 95.9 Å². The summed E-state index contributed by atoms with van der Waals surface area (Å²) in [5.74, 6) is 1.90. The molecule has 5 unspecified atom stereocenters. The summed E-state index contributed by atoms with van der Waals surface area (Å²) in [6.07, 6.45) is 6.10. The summed E-state index contributed by atoms with van der Waals surface area (Å²) in [6, 6.07) is 30.8. The Balaban J connectivity index is 1.55. The highest BCUT2D eigenvalue weighted by molar-refractivity contribution is 7.38. The SMILES string of the molecule is CNc1ccn(C2CC2(CPC(C)C)C(C)CCC(c2ccccc2)(c2ccc(C)cc2)c2ccc(OC)cc2)c(=O)n1. The molecule has 5 nitrogen and oxygen atoms in total. The number of aryl methyl sites for hydroxylation is 1. The highest BCUT2D eigenvalue weighted by Gasteiger charge is 2.58. The summed E-state index contributed by atoms with van der Waals surface area (Å²) < 4.78 is 7.45. The number of hydrogen-bond donors (Lipinski definition) is 1. The van der Waals surface area contributed by atoms with E-state index in [2.05, 4.69) is 117 Å². The predicted octanol–water partition coefficient (Wildman–Crippen LogP) is 8.07. The molecule has 4 aromatic rings. The summed E-state index contributed by atoms with van der Waals surface area (Å²) >= 11 is 0. The van der Waals surface area contributed by atoms with Crippen molar-refractivity contribution < 1.29 is 4.74 Å². The van der Waals surface area contributed by atoms with E-state index < -0.39 is 0 Å². The van der Waals surface area contributed by atoms with Gasteiger partial charge < -0.3 is 10.1 Å². The maximum Gasteiger partial charge on any atom is 0.349 e. The van der Waals surface area contributed by atoms with E-state index in [1.54, 1.807) is 14.2 Å². The van der Waals surface area contributed by atoms with Gasteiger partial charge in [-0.3, -0.25) is 4.57 Å². The number of hydrogen-bond acceptors (Lipinski definition) is 4. The number of nitrogens with zero attached hydrogens (tertiary/aromatic N) is 2. The fourth-order valence-electron chi connectivity index (χ4n) is 6.84. The average molecular weight is 596 g/mol. The van der Waals surface area contributed by atoms with E-state index in [1.807, 2.05) is 16.8 Å². The van der Waals surface area contributed by atoms with Crippen molar-refractivity contribution in [3.63, 3.8) is 0 Å². The minimum Gasteiger partial charge on any atom is -0.497 e. The van der Waals surface area contributed by atoms with Crippen LogP contribution in [-0.4, -0.2) is 35.5 Å². The van der Waals surface area contributed by atoms with Crippen LogP contribution in [0.2, 0.25) is 0 Å². The Kier molecular flexibility index (Phi) is 9.42. The lowest BCUT2D eigenvalue weighted by Gasteiger charge is -2.38. The van der Waals surface area contributed by atoms with Crippen molar-refractivity contribution in [2.45, 2.75) is 64.1 Å². The molecule has 0 aliphatic heterocycles. The summed E-state index contributed by atoms with van der Waals surface area (Å²) in [4.78, 5) is 17.4. The Morgan fingerprint density at radius 3 is 2.19 bits per heavy atom. The van der Waals surface area contributed by atoms with Gasteiger partial charge in [-0.25, -0.2) is 4.79 Å². The van der Waals surface area contributed by atoms with Crippen LogP contribution in [0.3, 0.4) is 0 Å². The van der Waals surface area contributed by atoms with Gasteiger partial charge in [0.05, 0.1) is 7.11 Å². The summed E-state index contributed by atoms with van der Waals surface area (Å²) in [7, 11) is 4.39. The second-order valence-corrected chi connectivity index (χ2v) is 14.5. The molecule has 0 amide bonds. The van der Waals surface area contributed by atoms with E-state index in [0.717, 1.165) is 39.8 Å². The Bertz CT molecular complexity index is 1550. The lowest BCUT2D eigenvalue weighted by Crippen LogP contribution is -2.32.